The van der Waals surface area contributed by atoms with Gasteiger partial charge in [0, 0.05) is 24.2 Å². The minimum atomic E-state index is 0.373. The third-order valence-corrected chi connectivity index (χ3v) is 39.1. The van der Waals surface area contributed by atoms with Crippen LogP contribution in [0.15, 0.2) is 0 Å². The van der Waals surface area contributed by atoms with Gasteiger partial charge >= 0.3 is 0 Å². The van der Waals surface area contributed by atoms with Crippen molar-refractivity contribution in [3.63, 3.8) is 0 Å². The monoisotopic (exact) mass is 1600 g/mol. The molecule has 41 atom stereocenters. The quantitative estimate of drug-likeness (QED) is 0.143. The molecule has 25 unspecified atom stereocenters. The van der Waals surface area contributed by atoms with Gasteiger partial charge in [-0.25, -0.2) is 0 Å². The summed E-state index contributed by atoms with van der Waals surface area (Å²) in [6, 6.07) is 2.76. The molecule has 9 fully saturated rings. The van der Waals surface area contributed by atoms with Crippen LogP contribution in [0, 0.1) is 207 Å². The molecule has 2 saturated heterocycles. The summed E-state index contributed by atoms with van der Waals surface area (Å²) in [6.45, 7) is 94.0. The lowest BCUT2D eigenvalue weighted by Crippen LogP contribution is -2.56. The van der Waals surface area contributed by atoms with Crippen molar-refractivity contribution in [3.05, 3.63) is 0 Å². The number of ether oxygens (including phenoxy) is 1. The van der Waals surface area contributed by atoms with E-state index in [9.17, 15) is 0 Å². The Kier molecular flexibility index (Phi) is 54.0. The second kappa shape index (κ2) is 56.0. The maximum Gasteiger partial charge on any atom is 0.0731 e. The fourth-order valence-electron chi connectivity index (χ4n) is 27.3. The highest BCUT2D eigenvalue weighted by atomic mass is 16.5. The van der Waals surface area contributed by atoms with Gasteiger partial charge in [0.15, 0.2) is 0 Å². The molecule has 9 aliphatic rings. The van der Waals surface area contributed by atoms with E-state index < -0.39 is 0 Å². The molecule has 3 heteroatoms. The molecule has 3 nitrogen and oxygen atoms in total. The van der Waals surface area contributed by atoms with Gasteiger partial charge in [-0.3, -0.25) is 4.90 Å². The molecule has 0 aromatic rings. The van der Waals surface area contributed by atoms with E-state index >= 15 is 0 Å². The van der Waals surface area contributed by atoms with Crippen LogP contribution in [0.2, 0.25) is 0 Å². The first kappa shape index (κ1) is 110. The maximum atomic E-state index is 5.98. The molecular weight excluding hydrogens is 1380 g/mol. The molecule has 9 rings (SSSR count). The maximum absolute atomic E-state index is 5.98. The fourth-order valence-corrected chi connectivity index (χ4v) is 27.3. The lowest BCUT2D eigenvalue weighted by atomic mass is 9.51. The van der Waals surface area contributed by atoms with E-state index in [1.54, 1.807) is 0 Å². The van der Waals surface area contributed by atoms with Crippen molar-refractivity contribution in [3.8, 4) is 0 Å². The minimum absolute atomic E-state index is 0.373. The van der Waals surface area contributed by atoms with E-state index in [4.69, 9.17) is 4.74 Å². The number of likely N-dealkylation sites (tertiary alicyclic amines) is 1. The van der Waals surface area contributed by atoms with E-state index in [1.165, 1.54) is 180 Å². The van der Waals surface area contributed by atoms with E-state index in [0.717, 1.165) is 226 Å². The Balaban J connectivity index is 0.000000445. The molecule has 114 heavy (non-hydrogen) atoms. The number of rotatable bonds is 16. The van der Waals surface area contributed by atoms with Crippen LogP contribution >= 0.6 is 0 Å². The van der Waals surface area contributed by atoms with Crippen LogP contribution in [-0.4, -0.2) is 60.3 Å². The molecule has 2 heterocycles. The Morgan fingerprint density at radius 1 is 0.193 bits per heavy atom. The molecule has 0 N–H and O–H groups in total. The van der Waals surface area contributed by atoms with Gasteiger partial charge in [-0.05, 0) is 345 Å². The standard InChI is InChI=1S/C18H34.C18H36.C16H32.C14H28.C12H25N.C12H24.C11H23NO.C10H20/c1-7-15-9-17-13(5)11(3)12(4)14(6)18(17)10-16(15)8-2;1-8-17-10-12(3)14(5)16(7)15(6)13(4)11-18(17)9-2;1-7-15-9-11(3)13(5)14(6)12(4)10-16(15)8-2;1-6-13-8-10(3)12(5)11(4)9-14(13)7-2;1-6-11-8-9(3)10(4)13(5)12(11)7-2;1-5-11-7-9(3)10(4)8-12(11)6-2;1-6-10-11(7-2)13-9(4)8(3)12(10)5;1-4-9-6-8(3)7-10(9)5-2/h11-18H,7-10H2,1-6H3;12-18H,8-11H2,1-7H3;11-16H,7-10H2,1-6H3;10-14H,6-9H2,1-5H3;9-12H,6-8H2,1-5H3;9-12H,5-8H2,1-4H3;8-11H,6-7H2,1-5H3;8-10H,4-7H2,1-3H3/t11?,12?,13?,14?,15-,16+,17?,18?;12?,13?,14?,15?,16?,17-,18+;11?,12?,13?,14?,15-,16+;10?,11?,12?,13-,14+;9?,10?,11-,12-;9?,10?,11-,12+;8?,9?,10-,11+;8?,9-,10+/m....1.0./s1. The highest BCUT2D eigenvalue weighted by Crippen LogP contribution is 2.56. The summed E-state index contributed by atoms with van der Waals surface area (Å²) < 4.78 is 5.98. The first-order valence-corrected chi connectivity index (χ1v) is 52.8. The van der Waals surface area contributed by atoms with Gasteiger partial charge in [-0.2, -0.15) is 0 Å². The molecule has 0 radical (unpaired) electrons. The number of nitrogens with zero attached hydrogens (tertiary/aromatic N) is 2. The van der Waals surface area contributed by atoms with Crippen molar-refractivity contribution in [2.75, 3.05) is 14.1 Å². The molecule has 2 aliphatic heterocycles. The summed E-state index contributed by atoms with van der Waals surface area (Å²) in [5, 5.41) is 0. The zero-order chi connectivity index (χ0) is 87.0. The Morgan fingerprint density at radius 3 is 0.675 bits per heavy atom. The van der Waals surface area contributed by atoms with Crippen molar-refractivity contribution in [2.24, 2.45) is 207 Å². The molecule has 0 amide bonds. The molecule has 682 valence electrons. The van der Waals surface area contributed by atoms with E-state index in [-0.39, 0.29) is 0 Å². The number of morpholine rings is 1. The van der Waals surface area contributed by atoms with Gasteiger partial charge in [0.1, 0.15) is 0 Å². The predicted octanol–water partition coefficient (Wildman–Crippen LogP) is 34.8. The lowest BCUT2D eigenvalue weighted by molar-refractivity contribution is -0.134. The van der Waals surface area contributed by atoms with Gasteiger partial charge in [0.2, 0.25) is 0 Å². The average molecular weight is 1600 g/mol. The molecule has 7 aliphatic carbocycles. The van der Waals surface area contributed by atoms with Crippen LogP contribution in [0.4, 0.5) is 0 Å². The van der Waals surface area contributed by atoms with Crippen LogP contribution < -0.4 is 0 Å². The van der Waals surface area contributed by atoms with Crippen molar-refractivity contribution < 1.29 is 4.74 Å². The zero-order valence-corrected chi connectivity index (χ0v) is 86.5. The molecule has 0 aromatic carbocycles. The minimum Gasteiger partial charge on any atom is -0.372 e. The average Bonchev–Trinajstić information content (AvgIpc) is 0.884. The molecule has 0 spiro atoms. The summed E-state index contributed by atoms with van der Waals surface area (Å²) in [5.74, 6) is 33.5. The van der Waals surface area contributed by atoms with Gasteiger partial charge < -0.3 is 9.64 Å². The highest BCUT2D eigenvalue weighted by Gasteiger charge is 2.48. The smallest absolute Gasteiger partial charge is 0.0731 e. The molecule has 0 aromatic heterocycles. The van der Waals surface area contributed by atoms with Crippen molar-refractivity contribution in [1.82, 2.24) is 9.80 Å². The number of fused-ring (bicyclic) bond motifs is 1. The van der Waals surface area contributed by atoms with Crippen LogP contribution in [0.3, 0.4) is 0 Å². The Labute approximate surface area is 724 Å². The highest BCUT2D eigenvalue weighted by molar-refractivity contribution is 4.98. The van der Waals surface area contributed by atoms with Crippen LogP contribution in [0.25, 0.3) is 0 Å². The Hall–Kier alpha value is -0.120. The second-order valence-electron chi connectivity index (χ2n) is 44.6. The summed E-state index contributed by atoms with van der Waals surface area (Å²) in [7, 11) is 4.53. The van der Waals surface area contributed by atoms with Crippen molar-refractivity contribution in [1.29, 1.82) is 0 Å². The zero-order valence-electron chi connectivity index (χ0n) is 86.5. The first-order chi connectivity index (χ1) is 53.7. The van der Waals surface area contributed by atoms with Crippen molar-refractivity contribution in [2.45, 2.75) is 493 Å². The second-order valence-corrected chi connectivity index (χ2v) is 44.6. The molecular formula is C111H222N2O. The normalized spacial score (nSPS) is 45.5. The van der Waals surface area contributed by atoms with Gasteiger partial charge in [-0.15, -0.1) is 0 Å². The number of hydrogen-bond acceptors (Lipinski definition) is 3. The van der Waals surface area contributed by atoms with E-state index in [0.29, 0.717) is 24.3 Å². The topological polar surface area (TPSA) is 15.7 Å². The summed E-state index contributed by atoms with van der Waals surface area (Å²) in [5.41, 5.74) is 0. The predicted molar refractivity (Wildman–Crippen MR) is 517 cm³/mol. The third kappa shape index (κ3) is 31.8. The van der Waals surface area contributed by atoms with Crippen LogP contribution in [0.5, 0.6) is 0 Å². The first-order valence-electron chi connectivity index (χ1n) is 52.8. The van der Waals surface area contributed by atoms with Gasteiger partial charge in [0.05, 0.1) is 12.2 Å². The number of hydrogen-bond donors (Lipinski definition) is 0. The molecule has 0 bridgehead atoms. The van der Waals surface area contributed by atoms with E-state index in [2.05, 4.69) is 294 Å². The summed E-state index contributed by atoms with van der Waals surface area (Å²) in [6.07, 6.45) is 41.8. The third-order valence-electron chi connectivity index (χ3n) is 39.1. The van der Waals surface area contributed by atoms with Crippen LogP contribution in [0.1, 0.15) is 456 Å². The SMILES string of the molecule is CC[C@@H]1CC(C)C(C)C(C)C(C)C(C)C[C@@H]1CC.CC[C@@H]1CC(C)C(C)C(C)C(C)C[C@@H]1CC.CC[C@@H]1CC(C)C(C)C(C)C[C@@H]1CC.CC[C@@H]1CC(C)C(C)C[C@@H]1CC.CC[C@@H]1CC(C)C(C)N(C)[C@@H]1CC.CC[C@@H]1CC(C)C[C@@H]1CC.CC[C@@H]1CC2C(C)C(C)C(C)C(C)C2C[C@@H]1CC.CC[C@H]1OC(C)C(C)N(C)[C@H]1CC. The Bertz CT molecular complexity index is 2190. The van der Waals surface area contributed by atoms with Crippen LogP contribution in [-0.2, 0) is 4.74 Å². The molecule has 7 saturated carbocycles. The van der Waals surface area contributed by atoms with E-state index in [1.807, 2.05) is 0 Å². The lowest BCUT2D eigenvalue weighted by Gasteiger charge is -2.54. The van der Waals surface area contributed by atoms with Gasteiger partial charge in [-0.1, -0.05) is 333 Å². The largest absolute Gasteiger partial charge is 0.372 e. The number of likely N-dealkylation sites (N-methyl/N-ethyl adjacent to an activating group) is 1. The Morgan fingerprint density at radius 2 is 0.412 bits per heavy atom. The van der Waals surface area contributed by atoms with Crippen molar-refractivity contribution >= 4 is 0 Å². The summed E-state index contributed by atoms with van der Waals surface area (Å²) >= 11 is 0. The summed E-state index contributed by atoms with van der Waals surface area (Å²) in [4.78, 5) is 5.07. The fraction of sp³-hybridized carbons (Fsp3) is 1.00. The van der Waals surface area contributed by atoms with Gasteiger partial charge in [0.25, 0.3) is 0 Å². The number of piperidine rings is 1.